The number of nitrogens with two attached hydrogens (primary N) is 1. The van der Waals surface area contributed by atoms with Crippen molar-refractivity contribution in [3.8, 4) is 0 Å². The van der Waals surface area contributed by atoms with E-state index in [0.29, 0.717) is 0 Å². The summed E-state index contributed by atoms with van der Waals surface area (Å²) in [4.78, 5) is 24.3. The average Bonchev–Trinajstić information content (AvgIpc) is 2.75. The molecule has 2 rings (SSSR count). The van der Waals surface area contributed by atoms with E-state index in [2.05, 4.69) is 4.98 Å². The molecule has 1 aliphatic rings. The molecule has 1 aliphatic heterocycles. The molecule has 1 aromatic heterocycles. The summed E-state index contributed by atoms with van der Waals surface area (Å²) in [6.07, 6.45) is -0.0571. The Balaban J connectivity index is 2.46. The van der Waals surface area contributed by atoms with E-state index in [1.54, 1.807) is 0 Å². The highest BCUT2D eigenvalue weighted by molar-refractivity contribution is 7.89. The molecule has 0 aromatic carbocycles. The third kappa shape index (κ3) is 2.57. The van der Waals surface area contributed by atoms with E-state index in [1.807, 2.05) is 0 Å². The summed E-state index contributed by atoms with van der Waals surface area (Å²) in [5.41, 5.74) is 4.51. The van der Waals surface area contributed by atoms with Gasteiger partial charge in [-0.1, -0.05) is 11.6 Å². The predicted molar refractivity (Wildman–Crippen MR) is 69.6 cm³/mol. The Bertz CT molecular complexity index is 701. The van der Waals surface area contributed by atoms with Gasteiger partial charge in [0.1, 0.15) is 11.1 Å². The van der Waals surface area contributed by atoms with Crippen LogP contribution in [0, 0.1) is 0 Å². The number of carbonyl (C=O) groups is 1. The SMILES string of the molecule is NC(=O)C1CC(O)CN1S(=O)(=O)c1c[nH]c(=O)c(Cl)c1. The monoisotopic (exact) mass is 321 g/mol. The highest BCUT2D eigenvalue weighted by atomic mass is 35.5. The summed E-state index contributed by atoms with van der Waals surface area (Å²) in [6, 6.07) is -0.140. The van der Waals surface area contributed by atoms with Crippen LogP contribution in [-0.2, 0) is 14.8 Å². The number of nitrogens with zero attached hydrogens (tertiary/aromatic N) is 1. The molecular formula is C10H12ClN3O5S. The minimum atomic E-state index is -4.09. The maximum absolute atomic E-state index is 12.4. The molecule has 2 atom stereocenters. The largest absolute Gasteiger partial charge is 0.392 e. The Morgan fingerprint density at radius 3 is 2.75 bits per heavy atom. The molecule has 8 nitrogen and oxygen atoms in total. The topological polar surface area (TPSA) is 134 Å². The Labute approximate surface area is 119 Å². The molecule has 1 fully saturated rings. The van der Waals surface area contributed by atoms with Crippen LogP contribution >= 0.6 is 11.6 Å². The number of H-pyrrole nitrogens is 1. The third-order valence-corrected chi connectivity index (χ3v) is 5.13. The molecule has 10 heteroatoms. The molecular weight excluding hydrogens is 310 g/mol. The number of aliphatic hydroxyl groups is 1. The van der Waals surface area contributed by atoms with Gasteiger partial charge in [-0.05, 0) is 6.07 Å². The van der Waals surface area contributed by atoms with Gasteiger partial charge < -0.3 is 15.8 Å². The Morgan fingerprint density at radius 1 is 1.55 bits per heavy atom. The van der Waals surface area contributed by atoms with Crippen LogP contribution in [0.3, 0.4) is 0 Å². The standard InChI is InChI=1S/C10H12ClN3O5S/c11-7-2-6(3-13-10(7)17)20(18,19)14-4-5(15)1-8(14)9(12)16/h2-3,5,8,15H,1,4H2,(H2,12,16)(H,13,17). The number of aliphatic hydroxyl groups excluding tert-OH is 1. The van der Waals surface area contributed by atoms with E-state index in [9.17, 15) is 23.1 Å². The Morgan fingerprint density at radius 2 is 2.20 bits per heavy atom. The number of aromatic nitrogens is 1. The highest BCUT2D eigenvalue weighted by Gasteiger charge is 2.42. The number of hydrogen-bond acceptors (Lipinski definition) is 5. The highest BCUT2D eigenvalue weighted by Crippen LogP contribution is 2.26. The molecule has 1 saturated heterocycles. The number of nitrogens with one attached hydrogen (secondary N) is 1. The first-order valence-corrected chi connectivity index (χ1v) is 7.42. The zero-order valence-corrected chi connectivity index (χ0v) is 11.7. The summed E-state index contributed by atoms with van der Waals surface area (Å²) in [7, 11) is -4.09. The molecule has 1 amide bonds. The number of halogens is 1. The molecule has 4 N–H and O–H groups in total. The van der Waals surface area contributed by atoms with Crippen molar-refractivity contribution in [2.24, 2.45) is 5.73 Å². The first-order valence-electron chi connectivity index (χ1n) is 5.61. The summed E-state index contributed by atoms with van der Waals surface area (Å²) in [6.45, 7) is -0.243. The second-order valence-electron chi connectivity index (χ2n) is 4.39. The number of hydrogen-bond donors (Lipinski definition) is 3. The van der Waals surface area contributed by atoms with Crippen molar-refractivity contribution in [1.29, 1.82) is 0 Å². The molecule has 110 valence electrons. The second-order valence-corrected chi connectivity index (χ2v) is 6.69. The fraction of sp³-hybridized carbons (Fsp3) is 0.400. The van der Waals surface area contributed by atoms with Crippen LogP contribution in [0.25, 0.3) is 0 Å². The van der Waals surface area contributed by atoms with Crippen molar-refractivity contribution >= 4 is 27.5 Å². The van der Waals surface area contributed by atoms with Gasteiger partial charge in [0, 0.05) is 19.2 Å². The van der Waals surface area contributed by atoms with Gasteiger partial charge in [-0.15, -0.1) is 0 Å². The van der Waals surface area contributed by atoms with Crippen LogP contribution in [0.15, 0.2) is 22.0 Å². The number of pyridine rings is 1. The lowest BCUT2D eigenvalue weighted by atomic mass is 10.2. The molecule has 1 aromatic rings. The smallest absolute Gasteiger partial charge is 0.266 e. The molecule has 0 aliphatic carbocycles. The van der Waals surface area contributed by atoms with Gasteiger partial charge in [-0.3, -0.25) is 9.59 Å². The number of primary amides is 1. The number of aromatic amines is 1. The first-order chi connectivity index (χ1) is 9.23. The van der Waals surface area contributed by atoms with Crippen molar-refractivity contribution in [3.05, 3.63) is 27.6 Å². The molecule has 2 unspecified atom stereocenters. The van der Waals surface area contributed by atoms with E-state index in [4.69, 9.17) is 17.3 Å². The lowest BCUT2D eigenvalue weighted by molar-refractivity contribution is -0.121. The van der Waals surface area contributed by atoms with Gasteiger partial charge in [-0.25, -0.2) is 8.42 Å². The van der Waals surface area contributed by atoms with Crippen molar-refractivity contribution in [2.75, 3.05) is 6.54 Å². The van der Waals surface area contributed by atoms with E-state index < -0.39 is 33.6 Å². The second kappa shape index (κ2) is 5.17. The number of sulfonamides is 1. The van der Waals surface area contributed by atoms with Crippen molar-refractivity contribution in [3.63, 3.8) is 0 Å². The van der Waals surface area contributed by atoms with E-state index >= 15 is 0 Å². The van der Waals surface area contributed by atoms with E-state index in [-0.39, 0.29) is 22.9 Å². The minimum Gasteiger partial charge on any atom is -0.392 e. The molecule has 2 heterocycles. The quantitative estimate of drug-likeness (QED) is 0.632. The number of rotatable bonds is 3. The maximum Gasteiger partial charge on any atom is 0.266 e. The fourth-order valence-corrected chi connectivity index (χ4v) is 3.91. The van der Waals surface area contributed by atoms with E-state index in [0.717, 1.165) is 16.6 Å². The van der Waals surface area contributed by atoms with Crippen LogP contribution in [0.1, 0.15) is 6.42 Å². The molecule has 0 bridgehead atoms. The van der Waals surface area contributed by atoms with Gasteiger partial charge in [0.15, 0.2) is 0 Å². The predicted octanol–water partition coefficient (Wildman–Crippen LogP) is -1.36. The molecule has 0 radical (unpaired) electrons. The first kappa shape index (κ1) is 15.0. The Kier molecular flexibility index (Phi) is 3.87. The summed E-state index contributed by atoms with van der Waals surface area (Å²) >= 11 is 5.59. The Hall–Kier alpha value is -1.42. The maximum atomic E-state index is 12.4. The van der Waals surface area contributed by atoms with Crippen molar-refractivity contribution in [1.82, 2.24) is 9.29 Å². The van der Waals surface area contributed by atoms with Gasteiger partial charge in [-0.2, -0.15) is 4.31 Å². The van der Waals surface area contributed by atoms with Crippen LogP contribution < -0.4 is 11.3 Å². The van der Waals surface area contributed by atoms with Crippen LogP contribution in [0.4, 0.5) is 0 Å². The summed E-state index contributed by atoms with van der Waals surface area (Å²) in [5.74, 6) is -0.847. The lowest BCUT2D eigenvalue weighted by Gasteiger charge is -2.21. The summed E-state index contributed by atoms with van der Waals surface area (Å²) in [5, 5.41) is 9.24. The zero-order valence-electron chi connectivity index (χ0n) is 10.1. The third-order valence-electron chi connectivity index (χ3n) is 3.00. The van der Waals surface area contributed by atoms with Crippen molar-refractivity contribution < 1.29 is 18.3 Å². The molecule has 0 spiro atoms. The van der Waals surface area contributed by atoms with E-state index in [1.165, 1.54) is 0 Å². The minimum absolute atomic E-state index is 0.0638. The van der Waals surface area contributed by atoms with Crippen molar-refractivity contribution in [2.45, 2.75) is 23.5 Å². The zero-order chi connectivity index (χ0) is 15.1. The van der Waals surface area contributed by atoms with Gasteiger partial charge in [0.25, 0.3) is 5.56 Å². The van der Waals surface area contributed by atoms with Gasteiger partial charge in [0.2, 0.25) is 15.9 Å². The van der Waals surface area contributed by atoms with Crippen LogP contribution in [-0.4, -0.2) is 47.4 Å². The fourth-order valence-electron chi connectivity index (χ4n) is 2.03. The molecule has 0 saturated carbocycles. The van der Waals surface area contributed by atoms with Crippen LogP contribution in [0.2, 0.25) is 5.02 Å². The number of β-amino-alcohol motifs (C(OH)–C–C–N with tert-alkyl or cyclic N) is 1. The van der Waals surface area contributed by atoms with Crippen LogP contribution in [0.5, 0.6) is 0 Å². The normalized spacial score (nSPS) is 23.9. The lowest BCUT2D eigenvalue weighted by Crippen LogP contribution is -2.43. The summed E-state index contributed by atoms with van der Waals surface area (Å²) < 4.78 is 25.6. The number of amides is 1. The average molecular weight is 322 g/mol. The van der Waals surface area contributed by atoms with Gasteiger partial charge >= 0.3 is 0 Å². The number of carbonyl (C=O) groups excluding carboxylic acids is 1. The molecule has 20 heavy (non-hydrogen) atoms. The van der Waals surface area contributed by atoms with Gasteiger partial charge in [0.05, 0.1) is 11.0 Å².